The second kappa shape index (κ2) is 2.58. The van der Waals surface area contributed by atoms with Crippen molar-refractivity contribution in [1.29, 1.82) is 0 Å². The third-order valence-electron chi connectivity index (χ3n) is 2.45. The molecule has 0 aromatic carbocycles. The number of hydrogen-bond donors (Lipinski definition) is 1. The van der Waals surface area contributed by atoms with Gasteiger partial charge in [-0.3, -0.25) is 0 Å². The zero-order chi connectivity index (χ0) is 9.57. The third-order valence-corrected chi connectivity index (χ3v) is 2.45. The SMILES string of the molecule is CC(O)C1(C(F)C(F)(F)F)CC1. The van der Waals surface area contributed by atoms with Gasteiger partial charge in [-0.25, -0.2) is 4.39 Å². The summed E-state index contributed by atoms with van der Waals surface area (Å²) in [5.74, 6) is 0. The maximum Gasteiger partial charge on any atom is 0.420 e. The summed E-state index contributed by atoms with van der Waals surface area (Å²) in [6, 6.07) is 0. The number of alkyl halides is 4. The van der Waals surface area contributed by atoms with Crippen molar-refractivity contribution >= 4 is 0 Å². The van der Waals surface area contributed by atoms with E-state index < -0.39 is 23.9 Å². The van der Waals surface area contributed by atoms with Crippen LogP contribution in [-0.2, 0) is 0 Å². The van der Waals surface area contributed by atoms with Crippen LogP contribution in [-0.4, -0.2) is 23.6 Å². The van der Waals surface area contributed by atoms with E-state index in [2.05, 4.69) is 0 Å². The first-order chi connectivity index (χ1) is 5.31. The van der Waals surface area contributed by atoms with Gasteiger partial charge in [-0.15, -0.1) is 0 Å². The van der Waals surface area contributed by atoms with Gasteiger partial charge in [-0.1, -0.05) is 0 Å². The number of hydrogen-bond acceptors (Lipinski definition) is 1. The summed E-state index contributed by atoms with van der Waals surface area (Å²) in [6.07, 6.45) is -8.72. The highest BCUT2D eigenvalue weighted by atomic mass is 19.4. The summed E-state index contributed by atoms with van der Waals surface area (Å²) >= 11 is 0. The van der Waals surface area contributed by atoms with Gasteiger partial charge in [-0.2, -0.15) is 13.2 Å². The molecule has 1 aliphatic rings. The third kappa shape index (κ3) is 1.42. The molecule has 1 nitrogen and oxygen atoms in total. The van der Waals surface area contributed by atoms with E-state index in [1.807, 2.05) is 0 Å². The molecule has 1 fully saturated rings. The monoisotopic (exact) mass is 186 g/mol. The molecule has 2 unspecified atom stereocenters. The molecule has 0 saturated heterocycles. The Bertz CT molecular complexity index is 171. The molecule has 0 amide bonds. The van der Waals surface area contributed by atoms with Crippen molar-refractivity contribution in [2.24, 2.45) is 5.41 Å². The van der Waals surface area contributed by atoms with E-state index in [-0.39, 0.29) is 12.8 Å². The predicted octanol–water partition coefficient (Wildman–Crippen LogP) is 2.05. The van der Waals surface area contributed by atoms with Gasteiger partial charge in [0.2, 0.25) is 6.17 Å². The molecule has 1 saturated carbocycles. The summed E-state index contributed by atoms with van der Waals surface area (Å²) in [5.41, 5.74) is -1.54. The molecule has 1 aliphatic carbocycles. The highest BCUT2D eigenvalue weighted by molar-refractivity contribution is 5.04. The summed E-state index contributed by atoms with van der Waals surface area (Å²) in [5, 5.41) is 8.94. The van der Waals surface area contributed by atoms with Crippen molar-refractivity contribution in [2.45, 2.75) is 38.2 Å². The molecule has 12 heavy (non-hydrogen) atoms. The van der Waals surface area contributed by atoms with Crippen molar-refractivity contribution in [3.63, 3.8) is 0 Å². The molecule has 0 aromatic rings. The minimum absolute atomic E-state index is 0.116. The zero-order valence-corrected chi connectivity index (χ0v) is 6.53. The van der Waals surface area contributed by atoms with Crippen LogP contribution >= 0.6 is 0 Å². The number of aliphatic hydroxyl groups excluding tert-OH is 1. The minimum atomic E-state index is -4.84. The average Bonchev–Trinajstić information content (AvgIpc) is 2.62. The van der Waals surface area contributed by atoms with Gasteiger partial charge in [0, 0.05) is 5.41 Å². The molecule has 0 bridgehead atoms. The number of aliphatic hydroxyl groups is 1. The molecule has 72 valence electrons. The molecule has 0 spiro atoms. The van der Waals surface area contributed by atoms with E-state index in [4.69, 9.17) is 5.11 Å². The summed E-state index contributed by atoms with van der Waals surface area (Å²) in [6.45, 7) is 1.20. The Morgan fingerprint density at radius 1 is 1.33 bits per heavy atom. The first-order valence-electron chi connectivity index (χ1n) is 3.69. The van der Waals surface area contributed by atoms with Gasteiger partial charge in [0.1, 0.15) is 0 Å². The molecule has 0 radical (unpaired) electrons. The fourth-order valence-corrected chi connectivity index (χ4v) is 1.35. The first kappa shape index (κ1) is 9.77. The predicted molar refractivity (Wildman–Crippen MR) is 34.3 cm³/mol. The van der Waals surface area contributed by atoms with E-state index in [0.29, 0.717) is 0 Å². The van der Waals surface area contributed by atoms with Crippen molar-refractivity contribution < 1.29 is 22.7 Å². The van der Waals surface area contributed by atoms with E-state index in [1.165, 1.54) is 6.92 Å². The quantitative estimate of drug-likeness (QED) is 0.654. The van der Waals surface area contributed by atoms with Crippen LogP contribution < -0.4 is 0 Å². The molecular weight excluding hydrogens is 176 g/mol. The molecule has 1 N–H and O–H groups in total. The maximum atomic E-state index is 12.7. The summed E-state index contributed by atoms with van der Waals surface area (Å²) in [7, 11) is 0. The van der Waals surface area contributed by atoms with Crippen LogP contribution in [0.2, 0.25) is 0 Å². The standard InChI is InChI=1S/C7H10F4O/c1-4(12)6(2-3-6)5(8)7(9,10)11/h4-5,12H,2-3H2,1H3. The van der Waals surface area contributed by atoms with Gasteiger partial charge in [0.05, 0.1) is 6.10 Å². The van der Waals surface area contributed by atoms with Crippen LogP contribution in [0.25, 0.3) is 0 Å². The Labute approximate surface area is 67.4 Å². The molecule has 0 aliphatic heterocycles. The second-order valence-corrected chi connectivity index (χ2v) is 3.31. The molecule has 0 heterocycles. The smallest absolute Gasteiger partial charge is 0.393 e. The van der Waals surface area contributed by atoms with Gasteiger partial charge in [0.25, 0.3) is 0 Å². The summed E-state index contributed by atoms with van der Waals surface area (Å²) < 4.78 is 48.3. The summed E-state index contributed by atoms with van der Waals surface area (Å²) in [4.78, 5) is 0. The second-order valence-electron chi connectivity index (χ2n) is 3.31. The normalized spacial score (nSPS) is 26.5. The lowest BCUT2D eigenvalue weighted by Gasteiger charge is -2.24. The van der Waals surface area contributed by atoms with Crippen LogP contribution in [0, 0.1) is 5.41 Å². The van der Waals surface area contributed by atoms with E-state index >= 15 is 0 Å². The minimum Gasteiger partial charge on any atom is -0.393 e. The lowest BCUT2D eigenvalue weighted by Crippen LogP contribution is -2.39. The maximum absolute atomic E-state index is 12.7. The first-order valence-corrected chi connectivity index (χ1v) is 3.69. The topological polar surface area (TPSA) is 20.2 Å². The lowest BCUT2D eigenvalue weighted by molar-refractivity contribution is -0.208. The Morgan fingerprint density at radius 3 is 1.83 bits per heavy atom. The Hall–Kier alpha value is -0.320. The highest BCUT2D eigenvalue weighted by Crippen LogP contribution is 2.56. The van der Waals surface area contributed by atoms with E-state index in [0.717, 1.165) is 0 Å². The van der Waals surface area contributed by atoms with Crippen molar-refractivity contribution in [2.75, 3.05) is 0 Å². The van der Waals surface area contributed by atoms with Crippen LogP contribution in [0.5, 0.6) is 0 Å². The van der Waals surface area contributed by atoms with Crippen LogP contribution in [0.3, 0.4) is 0 Å². The lowest BCUT2D eigenvalue weighted by atomic mass is 9.94. The van der Waals surface area contributed by atoms with Gasteiger partial charge in [-0.05, 0) is 19.8 Å². The largest absolute Gasteiger partial charge is 0.420 e. The highest BCUT2D eigenvalue weighted by Gasteiger charge is 2.63. The van der Waals surface area contributed by atoms with Crippen LogP contribution in [0.1, 0.15) is 19.8 Å². The van der Waals surface area contributed by atoms with Gasteiger partial charge >= 0.3 is 6.18 Å². The van der Waals surface area contributed by atoms with Crippen molar-refractivity contribution in [3.8, 4) is 0 Å². The fourth-order valence-electron chi connectivity index (χ4n) is 1.35. The van der Waals surface area contributed by atoms with Gasteiger partial charge < -0.3 is 5.11 Å². The van der Waals surface area contributed by atoms with Gasteiger partial charge in [0.15, 0.2) is 0 Å². The van der Waals surface area contributed by atoms with E-state index in [9.17, 15) is 17.6 Å². The van der Waals surface area contributed by atoms with Crippen molar-refractivity contribution in [3.05, 3.63) is 0 Å². The number of halogens is 4. The zero-order valence-electron chi connectivity index (χ0n) is 6.53. The van der Waals surface area contributed by atoms with Crippen LogP contribution in [0.4, 0.5) is 17.6 Å². The molecule has 2 atom stereocenters. The molecule has 0 aromatic heterocycles. The fraction of sp³-hybridized carbons (Fsp3) is 1.00. The molecule has 1 rings (SSSR count). The molecule has 5 heteroatoms. The Morgan fingerprint density at radius 2 is 1.75 bits per heavy atom. The number of rotatable bonds is 2. The van der Waals surface area contributed by atoms with Crippen LogP contribution in [0.15, 0.2) is 0 Å². The van der Waals surface area contributed by atoms with Crippen molar-refractivity contribution in [1.82, 2.24) is 0 Å². The average molecular weight is 186 g/mol. The molecular formula is C7H10F4O. The Kier molecular flexibility index (Phi) is 2.10. The Balaban J connectivity index is 2.70. The van der Waals surface area contributed by atoms with E-state index in [1.54, 1.807) is 0 Å².